The van der Waals surface area contributed by atoms with E-state index in [1.54, 1.807) is 0 Å². The molecule has 4 heterocycles. The zero-order valence-electron chi connectivity index (χ0n) is 32.2. The Balaban J connectivity index is 1.15. The number of thiophene rings is 1. The van der Waals surface area contributed by atoms with Crippen molar-refractivity contribution in [3.05, 3.63) is 200 Å². The molecule has 13 aromatic rings. The van der Waals surface area contributed by atoms with E-state index < -0.39 is 0 Å². The molecule has 0 fully saturated rings. The summed E-state index contributed by atoms with van der Waals surface area (Å²) >= 11 is 1.82. The van der Waals surface area contributed by atoms with Crippen LogP contribution in [0.5, 0.6) is 0 Å². The molecule has 0 bridgehead atoms. The highest BCUT2D eigenvalue weighted by atomic mass is 32.1. The lowest BCUT2D eigenvalue weighted by molar-refractivity contribution is 1.15. The minimum absolute atomic E-state index is 0.622. The van der Waals surface area contributed by atoms with Crippen LogP contribution in [0.1, 0.15) is 5.56 Å². The van der Waals surface area contributed by atoms with Gasteiger partial charge in [-0.25, -0.2) is 0 Å². The van der Waals surface area contributed by atoms with Crippen LogP contribution in [0.25, 0.3) is 114 Å². The summed E-state index contributed by atoms with van der Waals surface area (Å²) in [6.07, 6.45) is 0. The molecule has 0 atom stereocenters. The van der Waals surface area contributed by atoms with Crippen molar-refractivity contribution in [2.24, 2.45) is 0 Å². The minimum atomic E-state index is 0.622. The number of rotatable bonds is 4. The van der Waals surface area contributed by atoms with Crippen molar-refractivity contribution in [3.63, 3.8) is 0 Å². The number of fused-ring (bicyclic) bond motifs is 13. The van der Waals surface area contributed by atoms with Crippen molar-refractivity contribution in [1.29, 1.82) is 5.26 Å². The molecular formula is C55H32N4S. The van der Waals surface area contributed by atoms with E-state index in [0.717, 1.165) is 61.2 Å². The van der Waals surface area contributed by atoms with Gasteiger partial charge in [0.1, 0.15) is 6.07 Å². The van der Waals surface area contributed by atoms with Gasteiger partial charge >= 0.3 is 0 Å². The summed E-state index contributed by atoms with van der Waals surface area (Å²) in [5, 5.41) is 20.7. The fraction of sp³-hybridized carbons (Fsp3) is 0. The number of hydrogen-bond acceptors (Lipinski definition) is 2. The van der Waals surface area contributed by atoms with E-state index in [1.165, 1.54) is 52.6 Å². The van der Waals surface area contributed by atoms with Crippen LogP contribution in [-0.4, -0.2) is 13.7 Å². The Morgan fingerprint density at radius 2 is 1.02 bits per heavy atom. The minimum Gasteiger partial charge on any atom is -0.309 e. The predicted molar refractivity (Wildman–Crippen MR) is 252 cm³/mol. The highest BCUT2D eigenvalue weighted by Gasteiger charge is 2.25. The van der Waals surface area contributed by atoms with Gasteiger partial charge in [0.15, 0.2) is 0 Å². The van der Waals surface area contributed by atoms with Gasteiger partial charge < -0.3 is 13.7 Å². The lowest BCUT2D eigenvalue weighted by Gasteiger charge is -2.19. The molecule has 0 spiro atoms. The van der Waals surface area contributed by atoms with Crippen LogP contribution < -0.4 is 0 Å². The monoisotopic (exact) mass is 780 g/mol. The number of nitriles is 1. The van der Waals surface area contributed by atoms with Gasteiger partial charge in [-0.15, -0.1) is 11.3 Å². The van der Waals surface area contributed by atoms with Gasteiger partial charge in [-0.1, -0.05) is 127 Å². The average Bonchev–Trinajstić information content (AvgIpc) is 4.04. The third-order valence-corrected chi connectivity index (χ3v) is 13.6. The molecule has 0 amide bonds. The van der Waals surface area contributed by atoms with E-state index in [-0.39, 0.29) is 0 Å². The van der Waals surface area contributed by atoms with E-state index >= 15 is 0 Å². The van der Waals surface area contributed by atoms with Crippen LogP contribution in [0.2, 0.25) is 0 Å². The normalized spacial score (nSPS) is 12.0. The maximum absolute atomic E-state index is 11.0. The Kier molecular flexibility index (Phi) is 6.92. The second-order valence-corrected chi connectivity index (χ2v) is 16.6. The molecule has 60 heavy (non-hydrogen) atoms. The Bertz CT molecular complexity index is 3960. The average molecular weight is 781 g/mol. The zero-order chi connectivity index (χ0) is 39.5. The molecule has 4 nitrogen and oxygen atoms in total. The van der Waals surface area contributed by atoms with Crippen molar-refractivity contribution in [3.8, 4) is 34.3 Å². The summed E-state index contributed by atoms with van der Waals surface area (Å²) < 4.78 is 9.71. The molecule has 9 aromatic carbocycles. The summed E-state index contributed by atoms with van der Waals surface area (Å²) in [6, 6.07) is 72.3. The van der Waals surface area contributed by atoms with E-state index in [4.69, 9.17) is 0 Å². The van der Waals surface area contributed by atoms with Crippen molar-refractivity contribution >= 4 is 96.9 Å². The first-order valence-corrected chi connectivity index (χ1v) is 21.1. The largest absolute Gasteiger partial charge is 0.309 e. The van der Waals surface area contributed by atoms with Crippen LogP contribution in [0.15, 0.2) is 194 Å². The topological polar surface area (TPSA) is 38.6 Å². The van der Waals surface area contributed by atoms with Gasteiger partial charge in [0.2, 0.25) is 0 Å². The van der Waals surface area contributed by atoms with Gasteiger partial charge in [0.25, 0.3) is 0 Å². The first-order chi connectivity index (χ1) is 29.8. The van der Waals surface area contributed by atoms with Crippen molar-refractivity contribution in [1.82, 2.24) is 13.7 Å². The molecule has 0 saturated carbocycles. The maximum atomic E-state index is 11.0. The fourth-order valence-electron chi connectivity index (χ4n) is 10.0. The molecule has 0 aliphatic heterocycles. The van der Waals surface area contributed by atoms with E-state index in [9.17, 15) is 5.26 Å². The van der Waals surface area contributed by atoms with Crippen LogP contribution in [0.3, 0.4) is 0 Å². The molecule has 5 heteroatoms. The second-order valence-electron chi connectivity index (χ2n) is 15.5. The molecule has 0 radical (unpaired) electrons. The number of aromatic nitrogens is 3. The highest BCUT2D eigenvalue weighted by molar-refractivity contribution is 7.25. The lowest BCUT2D eigenvalue weighted by atomic mass is 9.97. The molecule has 0 aliphatic carbocycles. The van der Waals surface area contributed by atoms with Gasteiger partial charge in [0, 0.05) is 69.3 Å². The lowest BCUT2D eigenvalue weighted by Crippen LogP contribution is -2.03. The Morgan fingerprint density at radius 3 is 1.82 bits per heavy atom. The first-order valence-electron chi connectivity index (χ1n) is 20.3. The first kappa shape index (κ1) is 33.1. The van der Waals surface area contributed by atoms with Crippen molar-refractivity contribution in [2.75, 3.05) is 0 Å². The molecule has 0 N–H and O–H groups in total. The Hall–Kier alpha value is -7.91. The Morgan fingerprint density at radius 1 is 0.383 bits per heavy atom. The summed E-state index contributed by atoms with van der Waals surface area (Å²) in [7, 11) is 0. The summed E-state index contributed by atoms with van der Waals surface area (Å²) in [4.78, 5) is 0. The predicted octanol–water partition coefficient (Wildman–Crippen LogP) is 14.9. The van der Waals surface area contributed by atoms with E-state index in [2.05, 4.69) is 202 Å². The summed E-state index contributed by atoms with van der Waals surface area (Å²) in [5.41, 5.74) is 12.5. The standard InChI is InChI=1S/C55H32N4S/c56-33-34-15-14-23-40(54(34)59-47-26-11-6-20-38(47)43-31-44-39-21-8-13-28-51(39)60-52(44)32-50(43)59)36-18-4-9-24-45(36)58-46-25-10-5-19-37(46)41-29-30-49-53(55(41)58)42-22-7-12-27-48(42)57(49)35-16-2-1-3-17-35/h1-32H. The second kappa shape index (κ2) is 12.5. The van der Waals surface area contributed by atoms with Crippen LogP contribution >= 0.6 is 11.3 Å². The highest BCUT2D eigenvalue weighted by Crippen LogP contribution is 2.46. The van der Waals surface area contributed by atoms with Gasteiger partial charge in [-0.2, -0.15) is 5.26 Å². The quantitative estimate of drug-likeness (QED) is 0.175. The number of nitrogens with zero attached hydrogens (tertiary/aromatic N) is 4. The van der Waals surface area contributed by atoms with Crippen LogP contribution in [0.4, 0.5) is 0 Å². The summed E-state index contributed by atoms with van der Waals surface area (Å²) in [6.45, 7) is 0. The SMILES string of the molecule is N#Cc1cccc(-c2ccccc2-n2c3ccccc3c3ccc4c(c5ccccc5n4-c4ccccc4)c32)c1-n1c2ccccc2c2cc3c(cc21)sc1ccccc13. The van der Waals surface area contributed by atoms with E-state index in [0.29, 0.717) is 5.56 Å². The van der Waals surface area contributed by atoms with Crippen molar-refractivity contribution in [2.45, 2.75) is 0 Å². The number of para-hydroxylation sites is 6. The molecule has 4 aromatic heterocycles. The molecule has 13 rings (SSSR count). The third kappa shape index (κ3) is 4.48. The summed E-state index contributed by atoms with van der Waals surface area (Å²) in [5.74, 6) is 0. The zero-order valence-corrected chi connectivity index (χ0v) is 33.0. The maximum Gasteiger partial charge on any atom is 0.101 e. The third-order valence-electron chi connectivity index (χ3n) is 12.5. The van der Waals surface area contributed by atoms with Gasteiger partial charge in [-0.05, 0) is 66.7 Å². The smallest absolute Gasteiger partial charge is 0.101 e. The molecule has 0 saturated heterocycles. The van der Waals surface area contributed by atoms with Crippen molar-refractivity contribution < 1.29 is 0 Å². The molecule has 0 aliphatic rings. The molecular weight excluding hydrogens is 749 g/mol. The van der Waals surface area contributed by atoms with Crippen LogP contribution in [-0.2, 0) is 0 Å². The Labute approximate surface area is 348 Å². The molecule has 0 unspecified atom stereocenters. The van der Waals surface area contributed by atoms with Gasteiger partial charge in [0.05, 0.1) is 50.0 Å². The van der Waals surface area contributed by atoms with E-state index in [1.807, 2.05) is 23.5 Å². The number of hydrogen-bond donors (Lipinski definition) is 0. The number of benzene rings is 9. The van der Waals surface area contributed by atoms with Gasteiger partial charge in [-0.3, -0.25) is 0 Å². The van der Waals surface area contributed by atoms with Crippen LogP contribution in [0, 0.1) is 11.3 Å². The molecule has 278 valence electrons. The fourth-order valence-corrected chi connectivity index (χ4v) is 11.2.